The highest BCUT2D eigenvalue weighted by atomic mass is 16.5. The van der Waals surface area contributed by atoms with Gasteiger partial charge in [0, 0.05) is 25.6 Å². The van der Waals surface area contributed by atoms with Gasteiger partial charge < -0.3 is 15.4 Å². The highest BCUT2D eigenvalue weighted by Gasteiger charge is 2.19. The SMILES string of the molecule is CCC(C)(C)CNC(=O)CC1COCCN1. The van der Waals surface area contributed by atoms with Gasteiger partial charge in [0.15, 0.2) is 0 Å². The monoisotopic (exact) mass is 228 g/mol. The molecule has 4 heteroatoms. The molecule has 0 aromatic carbocycles. The zero-order valence-electron chi connectivity index (χ0n) is 10.6. The van der Waals surface area contributed by atoms with E-state index in [2.05, 4.69) is 31.4 Å². The van der Waals surface area contributed by atoms with Gasteiger partial charge in [-0.2, -0.15) is 0 Å². The number of ether oxygens (including phenoxy) is 1. The maximum Gasteiger partial charge on any atom is 0.221 e. The molecular formula is C12H24N2O2. The molecule has 16 heavy (non-hydrogen) atoms. The van der Waals surface area contributed by atoms with Crippen LogP contribution in [0.2, 0.25) is 0 Å². The molecule has 1 heterocycles. The Morgan fingerprint density at radius 2 is 2.31 bits per heavy atom. The van der Waals surface area contributed by atoms with Crippen LogP contribution >= 0.6 is 0 Å². The predicted octanol–water partition coefficient (Wildman–Crippen LogP) is 0.917. The van der Waals surface area contributed by atoms with Crippen LogP contribution in [-0.2, 0) is 9.53 Å². The molecule has 1 saturated heterocycles. The van der Waals surface area contributed by atoms with Crippen molar-refractivity contribution in [3.63, 3.8) is 0 Å². The molecule has 0 aliphatic carbocycles. The van der Waals surface area contributed by atoms with Crippen LogP contribution in [0.4, 0.5) is 0 Å². The molecule has 4 nitrogen and oxygen atoms in total. The number of hydrogen-bond acceptors (Lipinski definition) is 3. The minimum Gasteiger partial charge on any atom is -0.378 e. The molecule has 1 aliphatic heterocycles. The van der Waals surface area contributed by atoms with Crippen LogP contribution in [0.5, 0.6) is 0 Å². The predicted molar refractivity (Wildman–Crippen MR) is 64.3 cm³/mol. The minimum atomic E-state index is 0.115. The topological polar surface area (TPSA) is 50.4 Å². The molecule has 1 amide bonds. The summed E-state index contributed by atoms with van der Waals surface area (Å²) in [5.41, 5.74) is 0.187. The van der Waals surface area contributed by atoms with Gasteiger partial charge in [-0.1, -0.05) is 20.8 Å². The van der Waals surface area contributed by atoms with Gasteiger partial charge in [0.25, 0.3) is 0 Å². The average Bonchev–Trinajstić information content (AvgIpc) is 2.28. The van der Waals surface area contributed by atoms with Crippen LogP contribution < -0.4 is 10.6 Å². The molecule has 0 spiro atoms. The van der Waals surface area contributed by atoms with Crippen LogP contribution in [0.3, 0.4) is 0 Å². The van der Waals surface area contributed by atoms with Crippen molar-refractivity contribution in [3.8, 4) is 0 Å². The third kappa shape index (κ3) is 4.94. The zero-order valence-corrected chi connectivity index (χ0v) is 10.6. The van der Waals surface area contributed by atoms with E-state index in [-0.39, 0.29) is 17.4 Å². The first-order chi connectivity index (χ1) is 7.53. The fourth-order valence-electron chi connectivity index (χ4n) is 1.51. The maximum absolute atomic E-state index is 11.7. The normalized spacial score (nSPS) is 21.8. The number of nitrogens with one attached hydrogen (secondary N) is 2. The summed E-state index contributed by atoms with van der Waals surface area (Å²) in [6.45, 7) is 9.45. The standard InChI is InChI=1S/C12H24N2O2/c1-4-12(2,3)9-14-11(15)7-10-8-16-6-5-13-10/h10,13H,4-9H2,1-3H3,(H,14,15). The summed E-state index contributed by atoms with van der Waals surface area (Å²) in [6, 6.07) is 0.179. The zero-order chi connectivity index (χ0) is 12.0. The molecule has 2 N–H and O–H groups in total. The second kappa shape index (κ2) is 6.21. The van der Waals surface area contributed by atoms with Crippen LogP contribution in [0, 0.1) is 5.41 Å². The van der Waals surface area contributed by atoms with Crippen molar-refractivity contribution < 1.29 is 9.53 Å². The van der Waals surface area contributed by atoms with Gasteiger partial charge in [-0.25, -0.2) is 0 Å². The average molecular weight is 228 g/mol. The molecule has 94 valence electrons. The summed E-state index contributed by atoms with van der Waals surface area (Å²) in [5.74, 6) is 0.115. The Morgan fingerprint density at radius 3 is 2.88 bits per heavy atom. The van der Waals surface area contributed by atoms with E-state index in [0.29, 0.717) is 13.0 Å². The van der Waals surface area contributed by atoms with Gasteiger partial charge >= 0.3 is 0 Å². The van der Waals surface area contributed by atoms with Crippen LogP contribution in [0.1, 0.15) is 33.6 Å². The lowest BCUT2D eigenvalue weighted by atomic mass is 9.90. The van der Waals surface area contributed by atoms with E-state index < -0.39 is 0 Å². The van der Waals surface area contributed by atoms with E-state index in [0.717, 1.165) is 26.1 Å². The first-order valence-corrected chi connectivity index (χ1v) is 6.11. The smallest absolute Gasteiger partial charge is 0.221 e. The first kappa shape index (κ1) is 13.5. The molecule has 0 radical (unpaired) electrons. The molecule has 0 bridgehead atoms. The Balaban J connectivity index is 2.19. The Morgan fingerprint density at radius 1 is 1.56 bits per heavy atom. The van der Waals surface area contributed by atoms with E-state index in [4.69, 9.17) is 4.74 Å². The maximum atomic E-state index is 11.7. The van der Waals surface area contributed by atoms with E-state index in [1.807, 2.05) is 0 Å². The van der Waals surface area contributed by atoms with E-state index in [1.165, 1.54) is 0 Å². The fraction of sp³-hybridized carbons (Fsp3) is 0.917. The molecule has 0 saturated carbocycles. The molecule has 1 fully saturated rings. The van der Waals surface area contributed by atoms with Crippen molar-refractivity contribution in [2.24, 2.45) is 5.41 Å². The third-order valence-electron chi connectivity index (χ3n) is 3.15. The quantitative estimate of drug-likeness (QED) is 0.735. The number of hydrogen-bond donors (Lipinski definition) is 2. The number of rotatable bonds is 5. The van der Waals surface area contributed by atoms with Gasteiger partial charge in [0.1, 0.15) is 0 Å². The highest BCUT2D eigenvalue weighted by Crippen LogP contribution is 2.17. The van der Waals surface area contributed by atoms with E-state index in [9.17, 15) is 4.79 Å². The Hall–Kier alpha value is -0.610. The molecule has 1 unspecified atom stereocenters. The largest absolute Gasteiger partial charge is 0.378 e. The minimum absolute atomic E-state index is 0.115. The van der Waals surface area contributed by atoms with Crippen molar-refractivity contribution in [1.82, 2.24) is 10.6 Å². The Kier molecular flexibility index (Phi) is 5.22. The van der Waals surface area contributed by atoms with Gasteiger partial charge in [-0.3, -0.25) is 4.79 Å². The second-order valence-electron chi connectivity index (χ2n) is 5.22. The lowest BCUT2D eigenvalue weighted by Crippen LogP contribution is -2.45. The molecule has 1 rings (SSSR count). The number of morpholine rings is 1. The van der Waals surface area contributed by atoms with Crippen molar-refractivity contribution in [1.29, 1.82) is 0 Å². The fourth-order valence-corrected chi connectivity index (χ4v) is 1.51. The van der Waals surface area contributed by atoms with Gasteiger partial charge in [-0.05, 0) is 11.8 Å². The molecular weight excluding hydrogens is 204 g/mol. The van der Waals surface area contributed by atoms with Gasteiger partial charge in [0.05, 0.1) is 13.2 Å². The lowest BCUT2D eigenvalue weighted by molar-refractivity contribution is -0.122. The number of amides is 1. The van der Waals surface area contributed by atoms with Crippen molar-refractivity contribution in [3.05, 3.63) is 0 Å². The van der Waals surface area contributed by atoms with Crippen molar-refractivity contribution >= 4 is 5.91 Å². The second-order valence-corrected chi connectivity index (χ2v) is 5.22. The van der Waals surface area contributed by atoms with Crippen molar-refractivity contribution in [2.45, 2.75) is 39.7 Å². The first-order valence-electron chi connectivity index (χ1n) is 6.11. The number of carbonyl (C=O) groups excluding carboxylic acids is 1. The summed E-state index contributed by atoms with van der Waals surface area (Å²) in [4.78, 5) is 11.7. The molecule has 0 aromatic heterocycles. The van der Waals surface area contributed by atoms with E-state index in [1.54, 1.807) is 0 Å². The Labute approximate surface area is 98.1 Å². The van der Waals surface area contributed by atoms with Crippen LogP contribution in [0.25, 0.3) is 0 Å². The molecule has 1 aliphatic rings. The lowest BCUT2D eigenvalue weighted by Gasteiger charge is -2.25. The van der Waals surface area contributed by atoms with Gasteiger partial charge in [0.2, 0.25) is 5.91 Å². The highest BCUT2D eigenvalue weighted by molar-refractivity contribution is 5.76. The Bertz CT molecular complexity index is 223. The summed E-state index contributed by atoms with van der Waals surface area (Å²) in [7, 11) is 0. The number of carbonyl (C=O) groups is 1. The van der Waals surface area contributed by atoms with Crippen LogP contribution in [0.15, 0.2) is 0 Å². The molecule has 0 aromatic rings. The van der Waals surface area contributed by atoms with Crippen molar-refractivity contribution in [2.75, 3.05) is 26.3 Å². The summed E-state index contributed by atoms with van der Waals surface area (Å²) in [6.07, 6.45) is 1.58. The van der Waals surface area contributed by atoms with Gasteiger partial charge in [-0.15, -0.1) is 0 Å². The third-order valence-corrected chi connectivity index (χ3v) is 3.15. The van der Waals surface area contributed by atoms with E-state index >= 15 is 0 Å². The molecule has 1 atom stereocenters. The van der Waals surface area contributed by atoms with Crippen LogP contribution in [-0.4, -0.2) is 38.3 Å². The summed E-state index contributed by atoms with van der Waals surface area (Å²) >= 11 is 0. The summed E-state index contributed by atoms with van der Waals surface area (Å²) < 4.78 is 5.31. The summed E-state index contributed by atoms with van der Waals surface area (Å²) in [5, 5.41) is 6.26.